The predicted octanol–water partition coefficient (Wildman–Crippen LogP) is 3.29. The van der Waals surface area contributed by atoms with Crippen molar-refractivity contribution in [2.45, 2.75) is 37.5 Å². The molecule has 24 heavy (non-hydrogen) atoms. The molecular formula is C17H18O5S2. The van der Waals surface area contributed by atoms with Crippen LogP contribution in [0.2, 0.25) is 0 Å². The van der Waals surface area contributed by atoms with Crippen LogP contribution in [-0.2, 0) is 19.7 Å². The summed E-state index contributed by atoms with van der Waals surface area (Å²) in [6.45, 7) is 6.37. The molecule has 0 aromatic heterocycles. The predicted molar refractivity (Wildman–Crippen MR) is 91.6 cm³/mol. The molecule has 2 rings (SSSR count). The maximum atomic E-state index is 12.6. The second-order valence-corrected chi connectivity index (χ2v) is 9.69. The molecule has 0 N–H and O–H groups in total. The molecule has 2 aromatic carbocycles. The molecule has 5 nitrogen and oxygen atoms in total. The number of rotatable bonds is 2. The molecule has 0 fully saturated rings. The van der Waals surface area contributed by atoms with Crippen LogP contribution >= 0.6 is 0 Å². The zero-order valence-corrected chi connectivity index (χ0v) is 15.5. The molecule has 0 aliphatic carbocycles. The lowest BCUT2D eigenvalue weighted by Gasteiger charge is -2.10. The van der Waals surface area contributed by atoms with Crippen molar-refractivity contribution in [1.82, 2.24) is 0 Å². The Bertz CT molecular complexity index is 949. The van der Waals surface area contributed by atoms with E-state index in [2.05, 4.69) is 0 Å². The molecule has 0 amide bonds. The molecule has 0 aliphatic rings. The van der Waals surface area contributed by atoms with Crippen LogP contribution in [0, 0.1) is 27.7 Å². The Morgan fingerprint density at radius 1 is 0.667 bits per heavy atom. The summed E-state index contributed by atoms with van der Waals surface area (Å²) in [5, 5.41) is 0. The van der Waals surface area contributed by atoms with E-state index in [-0.39, 0.29) is 9.79 Å². The van der Waals surface area contributed by atoms with E-state index in [9.17, 15) is 21.6 Å². The first-order valence-electron chi connectivity index (χ1n) is 7.16. The van der Waals surface area contributed by atoms with Crippen LogP contribution in [0.25, 0.3) is 0 Å². The second-order valence-electron chi connectivity index (χ2n) is 5.79. The van der Waals surface area contributed by atoms with Gasteiger partial charge in [-0.25, -0.2) is 16.8 Å². The van der Waals surface area contributed by atoms with Crippen molar-refractivity contribution in [2.75, 3.05) is 0 Å². The third-order valence-corrected chi connectivity index (χ3v) is 7.94. The SMILES string of the molecule is Cc1ccc(C)c(S(=O)(=O)C(=O)S(=O)(=O)c2cc(C)ccc2C)c1. The normalized spacial score (nSPS) is 12.2. The first-order chi connectivity index (χ1) is 11.0. The quantitative estimate of drug-likeness (QED) is 0.814. The minimum absolute atomic E-state index is 0.276. The molecule has 0 bridgehead atoms. The van der Waals surface area contributed by atoms with E-state index in [1.807, 2.05) is 0 Å². The summed E-state index contributed by atoms with van der Waals surface area (Å²) in [5.41, 5.74) is 1.89. The van der Waals surface area contributed by atoms with Crippen LogP contribution in [0.5, 0.6) is 0 Å². The van der Waals surface area contributed by atoms with Crippen molar-refractivity contribution < 1.29 is 21.6 Å². The van der Waals surface area contributed by atoms with Crippen LogP contribution in [0.4, 0.5) is 4.79 Å². The average molecular weight is 366 g/mol. The van der Waals surface area contributed by atoms with Gasteiger partial charge in [-0.15, -0.1) is 0 Å². The Hall–Kier alpha value is -1.99. The van der Waals surface area contributed by atoms with Crippen molar-refractivity contribution in [3.05, 3.63) is 58.7 Å². The van der Waals surface area contributed by atoms with E-state index >= 15 is 0 Å². The number of benzene rings is 2. The topological polar surface area (TPSA) is 85.3 Å². The highest BCUT2D eigenvalue weighted by molar-refractivity contribution is 8.31. The monoisotopic (exact) mass is 366 g/mol. The highest BCUT2D eigenvalue weighted by Crippen LogP contribution is 2.26. The van der Waals surface area contributed by atoms with Gasteiger partial charge in [0.25, 0.3) is 19.7 Å². The Labute approximate surface area is 142 Å². The van der Waals surface area contributed by atoms with E-state index in [1.54, 1.807) is 38.1 Å². The zero-order chi connectivity index (χ0) is 18.3. The summed E-state index contributed by atoms with van der Waals surface area (Å²) in [5.74, 6) is 0. The van der Waals surface area contributed by atoms with Crippen LogP contribution in [0.1, 0.15) is 22.3 Å². The lowest BCUT2D eigenvalue weighted by Crippen LogP contribution is -2.24. The van der Waals surface area contributed by atoms with Gasteiger partial charge < -0.3 is 0 Å². The highest BCUT2D eigenvalue weighted by atomic mass is 32.3. The maximum absolute atomic E-state index is 12.6. The summed E-state index contributed by atoms with van der Waals surface area (Å²) >= 11 is 0. The molecule has 0 spiro atoms. The molecule has 7 heteroatoms. The number of hydrogen-bond donors (Lipinski definition) is 0. The minimum atomic E-state index is -4.65. The molecule has 0 unspecified atom stereocenters. The van der Waals surface area contributed by atoms with E-state index in [0.29, 0.717) is 22.3 Å². The first kappa shape index (κ1) is 18.4. The molecular weight excluding hydrogens is 348 g/mol. The third kappa shape index (κ3) is 3.14. The van der Waals surface area contributed by atoms with Crippen molar-refractivity contribution in [3.8, 4) is 0 Å². The van der Waals surface area contributed by atoms with E-state index in [4.69, 9.17) is 0 Å². The van der Waals surface area contributed by atoms with Gasteiger partial charge in [0, 0.05) is 0 Å². The Balaban J connectivity index is 2.66. The summed E-state index contributed by atoms with van der Waals surface area (Å²) in [4.78, 5) is 11.9. The van der Waals surface area contributed by atoms with Gasteiger partial charge in [0.05, 0.1) is 9.79 Å². The summed E-state index contributed by atoms with van der Waals surface area (Å²) in [6.07, 6.45) is 0. The van der Waals surface area contributed by atoms with Gasteiger partial charge in [0.2, 0.25) is 0 Å². The van der Waals surface area contributed by atoms with Crippen LogP contribution in [0.15, 0.2) is 46.2 Å². The minimum Gasteiger partial charge on any atom is -0.262 e. The largest absolute Gasteiger partial charge is 0.369 e. The molecule has 0 radical (unpaired) electrons. The van der Waals surface area contributed by atoms with Gasteiger partial charge in [0.15, 0.2) is 0 Å². The number of sulfone groups is 2. The fourth-order valence-corrected chi connectivity index (χ4v) is 6.04. The molecule has 2 aromatic rings. The van der Waals surface area contributed by atoms with Crippen LogP contribution in [0.3, 0.4) is 0 Å². The molecule has 0 atom stereocenters. The Morgan fingerprint density at radius 2 is 1.00 bits per heavy atom. The van der Waals surface area contributed by atoms with Crippen molar-refractivity contribution >= 4 is 24.1 Å². The van der Waals surface area contributed by atoms with Crippen molar-refractivity contribution in [2.24, 2.45) is 0 Å². The lowest BCUT2D eigenvalue weighted by molar-refractivity contribution is 0.272. The number of carbonyl (C=O) groups excluding carboxylic acids is 1. The fraction of sp³-hybridized carbons (Fsp3) is 0.235. The molecule has 0 saturated carbocycles. The third-order valence-electron chi connectivity index (χ3n) is 3.71. The van der Waals surface area contributed by atoms with Crippen LogP contribution < -0.4 is 0 Å². The number of carbonyl (C=O) groups is 1. The summed E-state index contributed by atoms with van der Waals surface area (Å²) in [7, 11) is -9.31. The number of hydrogen-bond acceptors (Lipinski definition) is 5. The highest BCUT2D eigenvalue weighted by Gasteiger charge is 2.39. The second kappa shape index (κ2) is 6.14. The zero-order valence-electron chi connectivity index (χ0n) is 13.8. The smallest absolute Gasteiger partial charge is 0.262 e. The summed E-state index contributed by atoms with van der Waals surface area (Å²) < 4.78 is 48.6. The molecule has 0 saturated heterocycles. The van der Waals surface area contributed by atoms with Crippen molar-refractivity contribution in [1.29, 1.82) is 0 Å². The van der Waals surface area contributed by atoms with E-state index in [0.717, 1.165) is 0 Å². The average Bonchev–Trinajstić information content (AvgIpc) is 2.51. The van der Waals surface area contributed by atoms with Gasteiger partial charge in [-0.2, -0.15) is 0 Å². The van der Waals surface area contributed by atoms with Gasteiger partial charge in [-0.3, -0.25) is 4.79 Å². The number of aryl methyl sites for hydroxylation is 4. The first-order valence-corrected chi connectivity index (χ1v) is 10.1. The fourth-order valence-electron chi connectivity index (χ4n) is 2.32. The van der Waals surface area contributed by atoms with Crippen LogP contribution in [-0.4, -0.2) is 21.3 Å². The summed E-state index contributed by atoms with van der Waals surface area (Å²) in [6, 6.07) is 9.08. The lowest BCUT2D eigenvalue weighted by atomic mass is 10.2. The molecule has 0 aliphatic heterocycles. The van der Waals surface area contributed by atoms with Gasteiger partial charge in [-0.05, 0) is 62.1 Å². The van der Waals surface area contributed by atoms with Gasteiger partial charge >= 0.3 is 4.45 Å². The standard InChI is InChI=1S/C17H18O5S2/c1-11-5-7-13(3)15(9-11)23(19,20)17(18)24(21,22)16-10-12(2)6-8-14(16)4/h5-10H,1-4H3. The van der Waals surface area contributed by atoms with E-state index < -0.39 is 24.1 Å². The van der Waals surface area contributed by atoms with Crippen molar-refractivity contribution in [3.63, 3.8) is 0 Å². The maximum Gasteiger partial charge on any atom is 0.369 e. The Kier molecular flexibility index (Phi) is 4.70. The van der Waals surface area contributed by atoms with E-state index in [1.165, 1.54) is 26.0 Å². The Morgan fingerprint density at radius 3 is 1.33 bits per heavy atom. The molecule has 128 valence electrons. The molecule has 0 heterocycles. The van der Waals surface area contributed by atoms with Gasteiger partial charge in [0.1, 0.15) is 0 Å². The van der Waals surface area contributed by atoms with Gasteiger partial charge in [-0.1, -0.05) is 24.3 Å².